The summed E-state index contributed by atoms with van der Waals surface area (Å²) < 4.78 is 0. The molecule has 1 aliphatic rings. The Bertz CT molecular complexity index is 995. The van der Waals surface area contributed by atoms with Crippen molar-refractivity contribution in [2.45, 2.75) is 24.8 Å². The van der Waals surface area contributed by atoms with Crippen molar-refractivity contribution in [1.29, 1.82) is 0 Å². The van der Waals surface area contributed by atoms with E-state index in [9.17, 15) is 9.59 Å². The summed E-state index contributed by atoms with van der Waals surface area (Å²) in [4.78, 5) is 33.4. The third kappa shape index (κ3) is 3.55. The lowest BCUT2D eigenvalue weighted by Gasteiger charge is -2.21. The van der Waals surface area contributed by atoms with Gasteiger partial charge in [-0.15, -0.1) is 11.8 Å². The second kappa shape index (κ2) is 7.08. The van der Waals surface area contributed by atoms with Gasteiger partial charge in [0.1, 0.15) is 5.82 Å². The number of benzene rings is 2. The lowest BCUT2D eigenvalue weighted by molar-refractivity contribution is -0.113. The van der Waals surface area contributed by atoms with E-state index in [0.717, 1.165) is 21.8 Å². The fourth-order valence-corrected chi connectivity index (χ4v) is 3.91. The lowest BCUT2D eigenvalue weighted by Crippen LogP contribution is -2.32. The molecule has 3 aromatic rings. The number of para-hydroxylation sites is 2. The molecular formula is C20H20N4O2S. The number of H-pyrrole nitrogens is 1. The zero-order chi connectivity index (χ0) is 19.0. The number of thioether (sulfide) groups is 1. The first kappa shape index (κ1) is 17.6. The van der Waals surface area contributed by atoms with E-state index >= 15 is 0 Å². The topological polar surface area (TPSA) is 86.9 Å². The lowest BCUT2D eigenvalue weighted by atomic mass is 10.0. The van der Waals surface area contributed by atoms with Crippen LogP contribution in [0.25, 0.3) is 11.0 Å². The SMILES string of the molecule is CC(C)C(NC(=O)c1ccc2c(c1)NC(=O)CS2)c1nc2ccccc2[nH]1. The van der Waals surface area contributed by atoms with Crippen LogP contribution < -0.4 is 10.6 Å². The van der Waals surface area contributed by atoms with E-state index in [4.69, 9.17) is 0 Å². The van der Waals surface area contributed by atoms with Gasteiger partial charge < -0.3 is 15.6 Å². The summed E-state index contributed by atoms with van der Waals surface area (Å²) in [6.45, 7) is 4.09. The minimum Gasteiger partial charge on any atom is -0.342 e. The third-order valence-electron chi connectivity index (χ3n) is 4.53. The van der Waals surface area contributed by atoms with Gasteiger partial charge >= 0.3 is 0 Å². The van der Waals surface area contributed by atoms with Crippen LogP contribution in [0.15, 0.2) is 47.4 Å². The van der Waals surface area contributed by atoms with Gasteiger partial charge in [-0.1, -0.05) is 26.0 Å². The Kier molecular flexibility index (Phi) is 4.61. The largest absolute Gasteiger partial charge is 0.342 e. The highest BCUT2D eigenvalue weighted by Crippen LogP contribution is 2.32. The van der Waals surface area contributed by atoms with Crippen LogP contribution in [-0.2, 0) is 4.79 Å². The molecule has 138 valence electrons. The summed E-state index contributed by atoms with van der Waals surface area (Å²) in [6.07, 6.45) is 0. The number of anilines is 1. The van der Waals surface area contributed by atoms with Crippen molar-refractivity contribution in [3.05, 3.63) is 53.9 Å². The number of fused-ring (bicyclic) bond motifs is 2. The highest BCUT2D eigenvalue weighted by atomic mass is 32.2. The highest BCUT2D eigenvalue weighted by Gasteiger charge is 2.23. The number of imidazole rings is 1. The molecule has 6 nitrogen and oxygen atoms in total. The number of aromatic amines is 1. The van der Waals surface area contributed by atoms with Crippen LogP contribution in [0.2, 0.25) is 0 Å². The summed E-state index contributed by atoms with van der Waals surface area (Å²) in [5, 5.41) is 5.90. The predicted molar refractivity (Wildman–Crippen MR) is 107 cm³/mol. The van der Waals surface area contributed by atoms with Crippen LogP contribution in [0.3, 0.4) is 0 Å². The summed E-state index contributed by atoms with van der Waals surface area (Å²) >= 11 is 1.48. The van der Waals surface area contributed by atoms with Crippen molar-refractivity contribution >= 4 is 40.3 Å². The summed E-state index contributed by atoms with van der Waals surface area (Å²) in [5.74, 6) is 1.05. The molecule has 0 saturated heterocycles. The Labute approximate surface area is 161 Å². The van der Waals surface area contributed by atoms with E-state index < -0.39 is 0 Å². The molecule has 0 radical (unpaired) electrons. The molecule has 1 unspecified atom stereocenters. The van der Waals surface area contributed by atoms with Crippen molar-refractivity contribution in [1.82, 2.24) is 15.3 Å². The second-order valence-corrected chi connectivity index (χ2v) is 7.90. The highest BCUT2D eigenvalue weighted by molar-refractivity contribution is 8.00. The maximum Gasteiger partial charge on any atom is 0.251 e. The smallest absolute Gasteiger partial charge is 0.251 e. The molecule has 0 spiro atoms. The fraction of sp³-hybridized carbons (Fsp3) is 0.250. The molecule has 27 heavy (non-hydrogen) atoms. The molecule has 1 atom stereocenters. The monoisotopic (exact) mass is 380 g/mol. The molecule has 0 aliphatic carbocycles. The van der Waals surface area contributed by atoms with Gasteiger partial charge in [0.2, 0.25) is 5.91 Å². The van der Waals surface area contributed by atoms with Gasteiger partial charge in [0.05, 0.1) is 28.5 Å². The number of carbonyl (C=O) groups excluding carboxylic acids is 2. The molecule has 2 heterocycles. The van der Waals surface area contributed by atoms with E-state index in [2.05, 4.69) is 20.6 Å². The molecule has 3 N–H and O–H groups in total. The fourth-order valence-electron chi connectivity index (χ4n) is 3.12. The maximum absolute atomic E-state index is 12.8. The van der Waals surface area contributed by atoms with Gasteiger partial charge in [0.25, 0.3) is 5.91 Å². The summed E-state index contributed by atoms with van der Waals surface area (Å²) in [6, 6.07) is 12.9. The number of hydrogen-bond acceptors (Lipinski definition) is 4. The van der Waals surface area contributed by atoms with Crippen LogP contribution in [0.4, 0.5) is 5.69 Å². The molecule has 4 rings (SSSR count). The van der Waals surface area contributed by atoms with Crippen LogP contribution >= 0.6 is 11.8 Å². The van der Waals surface area contributed by atoms with Gasteiger partial charge in [-0.25, -0.2) is 4.98 Å². The zero-order valence-corrected chi connectivity index (χ0v) is 15.9. The molecule has 7 heteroatoms. The number of amides is 2. The van der Waals surface area contributed by atoms with E-state index in [-0.39, 0.29) is 23.8 Å². The molecule has 1 aromatic heterocycles. The molecule has 0 saturated carbocycles. The Balaban J connectivity index is 1.59. The van der Waals surface area contributed by atoms with Gasteiger partial charge in [-0.3, -0.25) is 9.59 Å². The minimum absolute atomic E-state index is 0.0487. The van der Waals surface area contributed by atoms with Crippen molar-refractivity contribution < 1.29 is 9.59 Å². The minimum atomic E-state index is -0.245. The molecule has 2 amide bonds. The van der Waals surface area contributed by atoms with E-state index in [0.29, 0.717) is 17.0 Å². The standard InChI is InChI=1S/C20H20N4O2S/c1-11(2)18(19-22-13-5-3-4-6-14(13)23-19)24-20(26)12-7-8-16-15(9-12)21-17(25)10-27-16/h3-9,11,18H,10H2,1-2H3,(H,21,25)(H,22,23)(H,24,26). The molecule has 2 aromatic carbocycles. The Morgan fingerprint density at radius 1 is 1.22 bits per heavy atom. The molecule has 0 bridgehead atoms. The van der Waals surface area contributed by atoms with E-state index in [1.165, 1.54) is 11.8 Å². The maximum atomic E-state index is 12.8. The number of carbonyl (C=O) groups is 2. The Morgan fingerprint density at radius 3 is 2.81 bits per heavy atom. The van der Waals surface area contributed by atoms with Gasteiger partial charge in [0, 0.05) is 10.5 Å². The number of nitrogens with zero attached hydrogens (tertiary/aromatic N) is 1. The van der Waals surface area contributed by atoms with Crippen molar-refractivity contribution in [3.63, 3.8) is 0 Å². The summed E-state index contributed by atoms with van der Waals surface area (Å²) in [7, 11) is 0. The van der Waals surface area contributed by atoms with Crippen LogP contribution in [0.1, 0.15) is 36.1 Å². The number of aromatic nitrogens is 2. The van der Waals surface area contributed by atoms with Crippen LogP contribution in [0, 0.1) is 5.92 Å². The molecule has 1 aliphatic heterocycles. The first-order valence-corrected chi connectivity index (χ1v) is 9.82. The van der Waals surface area contributed by atoms with E-state index in [1.54, 1.807) is 12.1 Å². The number of nitrogens with one attached hydrogen (secondary N) is 3. The van der Waals surface area contributed by atoms with Gasteiger partial charge in [-0.05, 0) is 36.2 Å². The molecule has 0 fully saturated rings. The van der Waals surface area contributed by atoms with Crippen LogP contribution in [-0.4, -0.2) is 27.5 Å². The zero-order valence-electron chi connectivity index (χ0n) is 15.1. The third-order valence-corrected chi connectivity index (χ3v) is 5.60. The van der Waals surface area contributed by atoms with Crippen LogP contribution in [0.5, 0.6) is 0 Å². The second-order valence-electron chi connectivity index (χ2n) is 6.88. The average Bonchev–Trinajstić information content (AvgIpc) is 3.08. The van der Waals surface area contributed by atoms with Gasteiger partial charge in [-0.2, -0.15) is 0 Å². The van der Waals surface area contributed by atoms with Crippen molar-refractivity contribution in [3.8, 4) is 0 Å². The quantitative estimate of drug-likeness (QED) is 0.644. The predicted octanol–water partition coefficient (Wildman–Crippen LogP) is 3.73. The number of rotatable bonds is 4. The molecular weight excluding hydrogens is 360 g/mol. The first-order chi connectivity index (χ1) is 13.0. The Morgan fingerprint density at radius 2 is 2.04 bits per heavy atom. The first-order valence-electron chi connectivity index (χ1n) is 8.83. The number of hydrogen-bond donors (Lipinski definition) is 3. The summed E-state index contributed by atoms with van der Waals surface area (Å²) in [5.41, 5.74) is 3.02. The normalized spacial score (nSPS) is 14.7. The van der Waals surface area contributed by atoms with Gasteiger partial charge in [0.15, 0.2) is 0 Å². The van der Waals surface area contributed by atoms with Crippen molar-refractivity contribution in [2.24, 2.45) is 5.92 Å². The average molecular weight is 380 g/mol. The Hall–Kier alpha value is -2.80. The van der Waals surface area contributed by atoms with Crippen molar-refractivity contribution in [2.75, 3.05) is 11.1 Å². The van der Waals surface area contributed by atoms with E-state index in [1.807, 2.05) is 44.2 Å².